The molecular formula is C54H63NO4Si2. The first-order valence-electron chi connectivity index (χ1n) is 22.1. The lowest BCUT2D eigenvalue weighted by Gasteiger charge is -2.43. The molecule has 0 saturated carbocycles. The summed E-state index contributed by atoms with van der Waals surface area (Å²) in [6.07, 6.45) is 1.90. The van der Waals surface area contributed by atoms with Crippen LogP contribution >= 0.6 is 0 Å². The molecule has 1 aliphatic rings. The fourth-order valence-electron chi connectivity index (χ4n) is 9.94. The number of nitrogens with one attached hydrogen (secondary N) is 1. The van der Waals surface area contributed by atoms with Crippen molar-refractivity contribution in [1.82, 2.24) is 4.98 Å². The molecule has 7 heteroatoms. The maximum absolute atomic E-state index is 11.1. The highest BCUT2D eigenvalue weighted by Crippen LogP contribution is 2.57. The van der Waals surface area contributed by atoms with E-state index in [-0.39, 0.29) is 28.4 Å². The van der Waals surface area contributed by atoms with Crippen LogP contribution in [0.1, 0.15) is 97.9 Å². The number of aromatic nitrogens is 1. The van der Waals surface area contributed by atoms with Gasteiger partial charge in [0, 0.05) is 16.3 Å². The van der Waals surface area contributed by atoms with Gasteiger partial charge >= 0.3 is 16.6 Å². The summed E-state index contributed by atoms with van der Waals surface area (Å²) in [5.41, 5.74) is 4.60. The Kier molecular flexibility index (Phi) is 11.3. The van der Waals surface area contributed by atoms with E-state index >= 15 is 0 Å². The molecule has 2 N–H and O–H groups in total. The van der Waals surface area contributed by atoms with Crippen molar-refractivity contribution in [3.05, 3.63) is 156 Å². The fourth-order valence-corrected chi connectivity index (χ4v) is 18.8. The lowest BCUT2D eigenvalue weighted by Crippen LogP contribution is -2.68. The third-order valence-corrected chi connectivity index (χ3v) is 23.1. The maximum Gasteiger partial charge on any atom is 0.320 e. The first kappa shape index (κ1) is 42.8. The predicted molar refractivity (Wildman–Crippen MR) is 259 cm³/mol. The van der Waals surface area contributed by atoms with Crippen LogP contribution in [-0.2, 0) is 11.3 Å². The van der Waals surface area contributed by atoms with Gasteiger partial charge in [-0.05, 0) is 86.7 Å². The van der Waals surface area contributed by atoms with E-state index in [1.807, 2.05) is 6.07 Å². The molecule has 0 bridgehead atoms. The second kappa shape index (κ2) is 16.1. The number of aliphatic hydroxyl groups is 1. The van der Waals surface area contributed by atoms with Crippen molar-refractivity contribution in [2.75, 3.05) is 0 Å². The number of fused-ring (bicyclic) bond motifs is 3. The number of ether oxygens (including phenoxy) is 1. The quantitative estimate of drug-likeness (QED) is 0.0896. The van der Waals surface area contributed by atoms with Gasteiger partial charge in [0.15, 0.2) is 0 Å². The SMILES string of the molecule is Cc1c(O[Si](c2ccccc2)(c2ccccc2)C(C)(C)C)cc2c([nH]c3c(O[Si](c4ccccc4)(c4ccccc4)C(C)(C)C)ccc(CO)c32)c1C1OC1(C)CCC(C)C. The van der Waals surface area contributed by atoms with E-state index in [0.29, 0.717) is 5.92 Å². The van der Waals surface area contributed by atoms with Crippen molar-refractivity contribution < 1.29 is 18.7 Å². The summed E-state index contributed by atoms with van der Waals surface area (Å²) in [6.45, 7) is 22.8. The van der Waals surface area contributed by atoms with Gasteiger partial charge in [0.25, 0.3) is 0 Å². The van der Waals surface area contributed by atoms with Crippen LogP contribution in [0.15, 0.2) is 140 Å². The topological polar surface area (TPSA) is 67.0 Å². The molecule has 2 atom stereocenters. The molecule has 316 valence electrons. The molecule has 1 saturated heterocycles. The lowest BCUT2D eigenvalue weighted by molar-refractivity contribution is 0.283. The number of benzene rings is 6. The Hall–Kier alpha value is -4.93. The van der Waals surface area contributed by atoms with Crippen molar-refractivity contribution in [2.45, 2.75) is 110 Å². The van der Waals surface area contributed by atoms with Crippen molar-refractivity contribution in [3.8, 4) is 11.5 Å². The van der Waals surface area contributed by atoms with Gasteiger partial charge in [0.2, 0.25) is 0 Å². The first-order chi connectivity index (χ1) is 29.1. The van der Waals surface area contributed by atoms with Gasteiger partial charge in [0.05, 0.1) is 23.2 Å². The van der Waals surface area contributed by atoms with Crippen LogP contribution in [0.25, 0.3) is 21.8 Å². The Morgan fingerprint density at radius 3 is 1.51 bits per heavy atom. The molecule has 5 nitrogen and oxygen atoms in total. The predicted octanol–water partition coefficient (Wildman–Crippen LogP) is 11.3. The molecule has 1 aromatic heterocycles. The van der Waals surface area contributed by atoms with Crippen molar-refractivity contribution in [3.63, 3.8) is 0 Å². The smallest absolute Gasteiger partial charge is 0.320 e. The zero-order chi connectivity index (χ0) is 43.4. The second-order valence-corrected chi connectivity index (χ2v) is 28.3. The number of rotatable bonds is 13. The summed E-state index contributed by atoms with van der Waals surface area (Å²) >= 11 is 0. The Morgan fingerprint density at radius 2 is 1.10 bits per heavy atom. The maximum atomic E-state index is 11.1. The summed E-state index contributed by atoms with van der Waals surface area (Å²) in [5.74, 6) is 2.19. The minimum atomic E-state index is -3.04. The molecule has 0 aliphatic carbocycles. The summed E-state index contributed by atoms with van der Waals surface area (Å²) in [6, 6.07) is 49.6. The zero-order valence-electron chi connectivity index (χ0n) is 37.7. The van der Waals surface area contributed by atoms with Crippen molar-refractivity contribution in [1.29, 1.82) is 0 Å². The number of H-pyrrole nitrogens is 1. The van der Waals surface area contributed by atoms with Crippen LogP contribution in [-0.4, -0.2) is 32.3 Å². The second-order valence-electron chi connectivity index (χ2n) is 19.9. The highest BCUT2D eigenvalue weighted by atomic mass is 28.4. The monoisotopic (exact) mass is 845 g/mol. The zero-order valence-corrected chi connectivity index (χ0v) is 39.7. The van der Waals surface area contributed by atoms with E-state index in [2.05, 4.69) is 208 Å². The third kappa shape index (κ3) is 7.37. The van der Waals surface area contributed by atoms with E-state index < -0.39 is 16.6 Å². The van der Waals surface area contributed by atoms with Crippen LogP contribution < -0.4 is 29.6 Å². The Morgan fingerprint density at radius 1 is 0.656 bits per heavy atom. The number of hydrogen-bond acceptors (Lipinski definition) is 4. The molecule has 1 fully saturated rings. The molecule has 1 aliphatic heterocycles. The van der Waals surface area contributed by atoms with Gasteiger partial charge in [-0.3, -0.25) is 0 Å². The highest BCUT2D eigenvalue weighted by molar-refractivity contribution is 7.00. The van der Waals surface area contributed by atoms with Crippen LogP contribution in [0.3, 0.4) is 0 Å². The minimum absolute atomic E-state index is 0.122. The average Bonchev–Trinajstić information content (AvgIpc) is 3.76. The molecule has 6 aromatic carbocycles. The highest BCUT2D eigenvalue weighted by Gasteiger charge is 2.56. The number of hydrogen-bond donors (Lipinski definition) is 2. The molecule has 0 spiro atoms. The molecule has 0 radical (unpaired) electrons. The normalized spacial score (nSPS) is 17.3. The third-order valence-electron chi connectivity index (χ3n) is 13.3. The Balaban J connectivity index is 1.42. The molecule has 0 amide bonds. The van der Waals surface area contributed by atoms with Gasteiger partial charge < -0.3 is 23.7 Å². The number of aliphatic hydroxyl groups excluding tert-OH is 1. The van der Waals surface area contributed by atoms with E-state index in [9.17, 15) is 5.11 Å². The van der Waals surface area contributed by atoms with Gasteiger partial charge in [-0.2, -0.15) is 0 Å². The van der Waals surface area contributed by atoms with Crippen LogP contribution in [0.5, 0.6) is 11.5 Å². The molecular weight excluding hydrogens is 783 g/mol. The Labute approximate surface area is 365 Å². The van der Waals surface area contributed by atoms with Gasteiger partial charge in [-0.1, -0.05) is 183 Å². The van der Waals surface area contributed by atoms with E-state index in [1.165, 1.54) is 20.7 Å². The lowest BCUT2D eigenvalue weighted by atomic mass is 9.90. The van der Waals surface area contributed by atoms with Gasteiger partial charge in [0.1, 0.15) is 17.6 Å². The molecule has 61 heavy (non-hydrogen) atoms. The largest absolute Gasteiger partial charge is 0.534 e. The molecule has 2 heterocycles. The summed E-state index contributed by atoms with van der Waals surface area (Å²) in [4.78, 5) is 3.98. The summed E-state index contributed by atoms with van der Waals surface area (Å²) in [5, 5.41) is 17.4. The van der Waals surface area contributed by atoms with Crippen molar-refractivity contribution in [2.24, 2.45) is 5.92 Å². The minimum Gasteiger partial charge on any atom is -0.534 e. The number of epoxide rings is 1. The van der Waals surface area contributed by atoms with Crippen molar-refractivity contribution >= 4 is 59.2 Å². The average molecular weight is 846 g/mol. The van der Waals surface area contributed by atoms with Gasteiger partial charge in [-0.15, -0.1) is 0 Å². The van der Waals surface area contributed by atoms with Crippen LogP contribution in [0.4, 0.5) is 0 Å². The molecule has 8 rings (SSSR count). The summed E-state index contributed by atoms with van der Waals surface area (Å²) < 4.78 is 22.5. The van der Waals surface area contributed by atoms with E-state index in [4.69, 9.17) is 13.6 Å². The van der Waals surface area contributed by atoms with Crippen LogP contribution in [0.2, 0.25) is 10.1 Å². The van der Waals surface area contributed by atoms with E-state index in [0.717, 1.165) is 62.8 Å². The standard InChI is InChI=1S/C54H63NO4Si2/c1-37(2)33-34-54(10)51(57-54)47-38(3)46(59-61(53(7,8)9,42-27-19-13-20-28-42)43-29-21-14-22-30-43)35-44-48-39(36-56)31-32-45(50(48)55-49(44)47)58-60(52(4,5)6,40-23-15-11-16-24-40)41-25-17-12-18-26-41/h11-32,35,37,51,55-56H,33-34,36H2,1-10H3. The molecule has 2 unspecified atom stereocenters. The fraction of sp³-hybridized carbons (Fsp3) is 0.333. The van der Waals surface area contributed by atoms with Gasteiger partial charge in [-0.25, -0.2) is 0 Å². The Bertz CT molecular complexity index is 2550. The molecule has 7 aromatic rings. The van der Waals surface area contributed by atoms with E-state index in [1.54, 1.807) is 0 Å². The van der Waals surface area contributed by atoms with Crippen LogP contribution in [0, 0.1) is 12.8 Å². The first-order valence-corrected chi connectivity index (χ1v) is 25.9. The number of aromatic amines is 1. The summed E-state index contributed by atoms with van der Waals surface area (Å²) in [7, 11) is -6.07.